The summed E-state index contributed by atoms with van der Waals surface area (Å²) in [7, 11) is 0. The zero-order valence-electron chi connectivity index (χ0n) is 10.0. The number of ketones is 1. The maximum absolute atomic E-state index is 12.4. The topological polar surface area (TPSA) is 17.1 Å². The van der Waals surface area contributed by atoms with E-state index >= 15 is 0 Å². The van der Waals surface area contributed by atoms with Crippen LogP contribution in [0, 0.1) is 16.2 Å². The van der Waals surface area contributed by atoms with Gasteiger partial charge in [0.15, 0.2) is 0 Å². The first-order valence-corrected chi connectivity index (χ1v) is 6.17. The lowest BCUT2D eigenvalue weighted by molar-refractivity contribution is -0.125. The molecule has 3 aliphatic carbocycles. The summed E-state index contributed by atoms with van der Waals surface area (Å²) in [4.78, 5) is 12.4. The molecule has 0 saturated heterocycles. The predicted molar refractivity (Wildman–Crippen MR) is 60.5 cm³/mol. The molecule has 15 heavy (non-hydrogen) atoms. The second kappa shape index (κ2) is 2.39. The molecule has 82 valence electrons. The number of Topliss-reactive ketones (excluding diaryl/α,β-unsaturated/α-hetero) is 1. The Morgan fingerprint density at radius 1 is 1.27 bits per heavy atom. The third-order valence-electron chi connectivity index (χ3n) is 5.78. The van der Waals surface area contributed by atoms with E-state index in [9.17, 15) is 4.79 Å². The SMILES string of the molecule is CC1=CCC23CCCC12C(=O)CC3(C)C. The summed E-state index contributed by atoms with van der Waals surface area (Å²) in [6.45, 7) is 6.81. The smallest absolute Gasteiger partial charge is 0.144 e. The first-order valence-electron chi connectivity index (χ1n) is 6.17. The van der Waals surface area contributed by atoms with Gasteiger partial charge in [0, 0.05) is 6.42 Å². The Bertz CT molecular complexity index is 377. The third-order valence-corrected chi connectivity index (χ3v) is 5.78. The molecule has 1 heteroatoms. The van der Waals surface area contributed by atoms with E-state index in [4.69, 9.17) is 0 Å². The Balaban J connectivity index is 2.25. The second-order valence-corrected chi connectivity index (χ2v) is 6.42. The van der Waals surface area contributed by atoms with Crippen molar-refractivity contribution in [3.8, 4) is 0 Å². The Kier molecular flexibility index (Phi) is 1.53. The van der Waals surface area contributed by atoms with Crippen molar-refractivity contribution in [2.75, 3.05) is 0 Å². The summed E-state index contributed by atoms with van der Waals surface area (Å²) < 4.78 is 0. The summed E-state index contributed by atoms with van der Waals surface area (Å²) in [5.74, 6) is 0.538. The fourth-order valence-corrected chi connectivity index (χ4v) is 5.00. The molecule has 2 unspecified atom stereocenters. The molecule has 0 heterocycles. The third kappa shape index (κ3) is 0.745. The van der Waals surface area contributed by atoms with Crippen LogP contribution in [-0.2, 0) is 4.79 Å². The molecule has 0 aromatic heterocycles. The Hall–Kier alpha value is -0.590. The van der Waals surface area contributed by atoms with Gasteiger partial charge in [0.25, 0.3) is 0 Å². The quantitative estimate of drug-likeness (QED) is 0.552. The van der Waals surface area contributed by atoms with E-state index < -0.39 is 0 Å². The molecule has 0 N–H and O–H groups in total. The van der Waals surface area contributed by atoms with E-state index in [0.717, 1.165) is 19.3 Å². The van der Waals surface area contributed by atoms with Gasteiger partial charge < -0.3 is 0 Å². The monoisotopic (exact) mass is 204 g/mol. The summed E-state index contributed by atoms with van der Waals surface area (Å²) in [5, 5.41) is 0. The van der Waals surface area contributed by atoms with E-state index in [1.807, 2.05) is 0 Å². The minimum absolute atomic E-state index is 0.0312. The number of rotatable bonds is 0. The van der Waals surface area contributed by atoms with E-state index in [1.54, 1.807) is 0 Å². The first-order chi connectivity index (χ1) is 6.96. The normalized spacial score (nSPS) is 46.6. The van der Waals surface area contributed by atoms with E-state index in [2.05, 4.69) is 26.8 Å². The molecule has 0 amide bonds. The molecule has 0 spiro atoms. The van der Waals surface area contributed by atoms with Crippen molar-refractivity contribution in [3.05, 3.63) is 11.6 Å². The highest BCUT2D eigenvalue weighted by molar-refractivity contribution is 5.93. The van der Waals surface area contributed by atoms with Crippen molar-refractivity contribution < 1.29 is 4.79 Å². The lowest BCUT2D eigenvalue weighted by atomic mass is 9.59. The average molecular weight is 204 g/mol. The van der Waals surface area contributed by atoms with Gasteiger partial charge in [0.2, 0.25) is 0 Å². The van der Waals surface area contributed by atoms with Crippen molar-refractivity contribution in [2.45, 2.75) is 52.9 Å². The van der Waals surface area contributed by atoms with Crippen LogP contribution in [0.2, 0.25) is 0 Å². The van der Waals surface area contributed by atoms with Gasteiger partial charge in [-0.1, -0.05) is 31.9 Å². The minimum atomic E-state index is -0.0312. The lowest BCUT2D eigenvalue weighted by Crippen LogP contribution is -2.40. The highest BCUT2D eigenvalue weighted by Crippen LogP contribution is 2.75. The van der Waals surface area contributed by atoms with Gasteiger partial charge in [-0.15, -0.1) is 0 Å². The van der Waals surface area contributed by atoms with Gasteiger partial charge in [-0.25, -0.2) is 0 Å². The van der Waals surface area contributed by atoms with Gasteiger partial charge in [-0.05, 0) is 37.0 Å². The summed E-state index contributed by atoms with van der Waals surface area (Å²) in [5.41, 5.74) is 1.86. The van der Waals surface area contributed by atoms with E-state index in [1.165, 1.54) is 18.4 Å². The molecule has 2 saturated carbocycles. The molecule has 2 atom stereocenters. The van der Waals surface area contributed by atoms with Crippen molar-refractivity contribution >= 4 is 5.78 Å². The molecule has 0 bridgehead atoms. The number of carbonyl (C=O) groups excluding carboxylic acids is 1. The molecule has 2 fully saturated rings. The fraction of sp³-hybridized carbons (Fsp3) is 0.786. The van der Waals surface area contributed by atoms with Crippen LogP contribution in [0.4, 0.5) is 0 Å². The zero-order valence-corrected chi connectivity index (χ0v) is 10.0. The predicted octanol–water partition coefficient (Wildman–Crippen LogP) is 3.49. The van der Waals surface area contributed by atoms with Crippen molar-refractivity contribution in [2.24, 2.45) is 16.2 Å². The van der Waals surface area contributed by atoms with Gasteiger partial charge in [-0.2, -0.15) is 0 Å². The van der Waals surface area contributed by atoms with Crippen LogP contribution in [0.1, 0.15) is 52.9 Å². The van der Waals surface area contributed by atoms with E-state index in [-0.39, 0.29) is 10.8 Å². The van der Waals surface area contributed by atoms with Crippen LogP contribution >= 0.6 is 0 Å². The van der Waals surface area contributed by atoms with Crippen molar-refractivity contribution in [1.29, 1.82) is 0 Å². The molecule has 0 aromatic carbocycles. The maximum Gasteiger partial charge on any atom is 0.144 e. The maximum atomic E-state index is 12.4. The largest absolute Gasteiger partial charge is 0.299 e. The number of carbonyl (C=O) groups is 1. The standard InChI is InChI=1S/C14H20O/c1-10-5-8-13-6-4-7-14(10,13)11(15)9-12(13,2)3/h5H,4,6-9H2,1-3H3. The molecule has 1 nitrogen and oxygen atoms in total. The molecule has 3 rings (SSSR count). The van der Waals surface area contributed by atoms with Crippen molar-refractivity contribution in [3.63, 3.8) is 0 Å². The van der Waals surface area contributed by atoms with Gasteiger partial charge in [-0.3, -0.25) is 4.79 Å². The zero-order chi connectivity index (χ0) is 10.9. The van der Waals surface area contributed by atoms with Crippen LogP contribution in [0.25, 0.3) is 0 Å². The molecule has 0 radical (unpaired) electrons. The molecular formula is C14H20O. The summed E-state index contributed by atoms with van der Waals surface area (Å²) in [6, 6.07) is 0. The van der Waals surface area contributed by atoms with E-state index in [0.29, 0.717) is 11.2 Å². The second-order valence-electron chi connectivity index (χ2n) is 6.42. The number of hydrogen-bond acceptors (Lipinski definition) is 1. The van der Waals surface area contributed by atoms with Crippen molar-refractivity contribution in [1.82, 2.24) is 0 Å². The molecule has 3 aliphatic rings. The van der Waals surface area contributed by atoms with Gasteiger partial charge in [0.1, 0.15) is 5.78 Å². The highest BCUT2D eigenvalue weighted by Gasteiger charge is 2.71. The Morgan fingerprint density at radius 2 is 2.00 bits per heavy atom. The lowest BCUT2D eigenvalue weighted by Gasteiger charge is -2.43. The van der Waals surface area contributed by atoms with Crippen LogP contribution < -0.4 is 0 Å². The van der Waals surface area contributed by atoms with Gasteiger partial charge >= 0.3 is 0 Å². The van der Waals surface area contributed by atoms with Crippen LogP contribution in [0.5, 0.6) is 0 Å². The number of allylic oxidation sites excluding steroid dienone is 2. The Labute approximate surface area is 91.9 Å². The van der Waals surface area contributed by atoms with Crippen LogP contribution in [0.15, 0.2) is 11.6 Å². The van der Waals surface area contributed by atoms with Crippen LogP contribution in [0.3, 0.4) is 0 Å². The minimum Gasteiger partial charge on any atom is -0.299 e. The molecule has 0 aromatic rings. The molecule has 0 aliphatic heterocycles. The Morgan fingerprint density at radius 3 is 2.67 bits per heavy atom. The van der Waals surface area contributed by atoms with Gasteiger partial charge in [0.05, 0.1) is 5.41 Å². The molecular weight excluding hydrogens is 184 g/mol. The fourth-order valence-electron chi connectivity index (χ4n) is 5.00. The summed E-state index contributed by atoms with van der Waals surface area (Å²) in [6.07, 6.45) is 7.94. The number of hydrogen-bond donors (Lipinski definition) is 0. The summed E-state index contributed by atoms with van der Waals surface area (Å²) >= 11 is 0. The average Bonchev–Trinajstić information content (AvgIpc) is 2.68. The first kappa shape index (κ1) is 9.62. The highest BCUT2D eigenvalue weighted by atomic mass is 16.1. The van der Waals surface area contributed by atoms with Crippen LogP contribution in [-0.4, -0.2) is 5.78 Å².